The molecule has 144 valence electrons. The van der Waals surface area contributed by atoms with Crippen molar-refractivity contribution in [3.05, 3.63) is 42.5 Å². The lowest BCUT2D eigenvalue weighted by atomic mass is 9.93. The second kappa shape index (κ2) is 8.40. The molecular weight excluding hydrogens is 342 g/mol. The predicted octanol–water partition coefficient (Wildman–Crippen LogP) is 4.98. The largest absolute Gasteiger partial charge is 0.489 e. The lowest BCUT2D eigenvalue weighted by Crippen LogP contribution is -2.63. The molecule has 1 aliphatic heterocycles. The maximum absolute atomic E-state index is 12.4. The lowest BCUT2D eigenvalue weighted by molar-refractivity contribution is -0.141. The normalized spacial score (nSPS) is 20.3. The van der Waals surface area contributed by atoms with Crippen LogP contribution in [0.25, 0.3) is 0 Å². The molecule has 4 nitrogen and oxygen atoms in total. The van der Waals surface area contributed by atoms with Crippen LogP contribution in [0.15, 0.2) is 36.9 Å². The zero-order chi connectivity index (χ0) is 19.5. The van der Waals surface area contributed by atoms with Gasteiger partial charge in [0.2, 0.25) is 8.32 Å². The maximum atomic E-state index is 12.4. The summed E-state index contributed by atoms with van der Waals surface area (Å²) in [5.41, 5.74) is 2.27. The van der Waals surface area contributed by atoms with E-state index in [4.69, 9.17) is 9.16 Å². The van der Waals surface area contributed by atoms with Gasteiger partial charge in [0.1, 0.15) is 18.5 Å². The molecule has 0 aliphatic carbocycles. The highest BCUT2D eigenvalue weighted by atomic mass is 28.4. The lowest BCUT2D eigenvalue weighted by Gasteiger charge is -2.48. The van der Waals surface area contributed by atoms with Crippen molar-refractivity contribution in [2.75, 3.05) is 6.61 Å². The van der Waals surface area contributed by atoms with Gasteiger partial charge in [0.05, 0.1) is 6.04 Å². The molecule has 1 heterocycles. The summed E-state index contributed by atoms with van der Waals surface area (Å²) in [6.07, 6.45) is 1.28. The highest BCUT2D eigenvalue weighted by Gasteiger charge is 2.52. The van der Waals surface area contributed by atoms with Crippen LogP contribution in [0.3, 0.4) is 0 Å². The van der Waals surface area contributed by atoms with E-state index in [0.717, 1.165) is 11.3 Å². The van der Waals surface area contributed by atoms with Gasteiger partial charge in [-0.05, 0) is 22.7 Å². The number of hydrogen-bond acceptors (Lipinski definition) is 3. The van der Waals surface area contributed by atoms with Crippen molar-refractivity contribution in [3.8, 4) is 5.75 Å². The number of para-hydroxylation sites is 1. The highest BCUT2D eigenvalue weighted by Crippen LogP contribution is 2.46. The topological polar surface area (TPSA) is 47.6 Å². The van der Waals surface area contributed by atoms with E-state index in [0.29, 0.717) is 23.2 Å². The van der Waals surface area contributed by atoms with Crippen LogP contribution in [0.1, 0.15) is 53.1 Å². The molecule has 0 bridgehead atoms. The Bertz CT molecular complexity index is 620. The summed E-state index contributed by atoms with van der Waals surface area (Å²) in [7, 11) is -2.14. The van der Waals surface area contributed by atoms with Gasteiger partial charge in [-0.25, -0.2) is 0 Å². The summed E-state index contributed by atoms with van der Waals surface area (Å²) in [6, 6.07) is 7.68. The minimum absolute atomic E-state index is 0.0210. The molecule has 1 aliphatic rings. The van der Waals surface area contributed by atoms with E-state index in [9.17, 15) is 4.79 Å². The number of carbonyl (C=O) groups excluding carboxylic acids is 1. The molecule has 0 spiro atoms. The zero-order valence-electron chi connectivity index (χ0n) is 16.9. The van der Waals surface area contributed by atoms with Gasteiger partial charge < -0.3 is 14.5 Å². The Morgan fingerprint density at radius 3 is 2.19 bits per heavy atom. The van der Waals surface area contributed by atoms with Gasteiger partial charge >= 0.3 is 0 Å². The number of amides is 1. The third-order valence-corrected chi connectivity index (χ3v) is 11.6. The Balaban J connectivity index is 2.32. The molecule has 1 saturated heterocycles. The maximum Gasteiger partial charge on any atom is 0.251 e. The second-order valence-electron chi connectivity index (χ2n) is 7.98. The van der Waals surface area contributed by atoms with Gasteiger partial charge in [-0.3, -0.25) is 4.79 Å². The number of nitrogens with one attached hydrogen (secondary N) is 1. The smallest absolute Gasteiger partial charge is 0.251 e. The molecule has 1 amide bonds. The first-order valence-electron chi connectivity index (χ1n) is 9.56. The molecule has 5 heteroatoms. The van der Waals surface area contributed by atoms with Crippen molar-refractivity contribution in [2.24, 2.45) is 0 Å². The van der Waals surface area contributed by atoms with E-state index < -0.39 is 14.4 Å². The molecule has 0 radical (unpaired) electrons. The molecular formula is C21H33NO3Si. The van der Waals surface area contributed by atoms with Gasteiger partial charge in [-0.2, -0.15) is 0 Å². The predicted molar refractivity (Wildman–Crippen MR) is 109 cm³/mol. The summed E-state index contributed by atoms with van der Waals surface area (Å²) in [4.78, 5) is 12.4. The van der Waals surface area contributed by atoms with Gasteiger partial charge in [0, 0.05) is 5.56 Å². The van der Waals surface area contributed by atoms with Crippen LogP contribution in [0, 0.1) is 0 Å². The summed E-state index contributed by atoms with van der Waals surface area (Å²) in [6.45, 7) is 17.6. The number of hydrogen-bond donors (Lipinski definition) is 1. The molecule has 2 atom stereocenters. The monoisotopic (exact) mass is 375 g/mol. The van der Waals surface area contributed by atoms with Crippen molar-refractivity contribution in [1.29, 1.82) is 0 Å². The molecule has 0 saturated carbocycles. The first kappa shape index (κ1) is 20.7. The highest BCUT2D eigenvalue weighted by molar-refractivity contribution is 6.77. The van der Waals surface area contributed by atoms with Crippen LogP contribution < -0.4 is 10.1 Å². The molecule has 1 N–H and O–H groups in total. The van der Waals surface area contributed by atoms with Crippen molar-refractivity contribution in [3.63, 3.8) is 0 Å². The molecule has 26 heavy (non-hydrogen) atoms. The summed E-state index contributed by atoms with van der Waals surface area (Å²) in [5.74, 6) is 0.754. The van der Waals surface area contributed by atoms with E-state index >= 15 is 0 Å². The van der Waals surface area contributed by atoms with Crippen LogP contribution in [0.2, 0.25) is 16.6 Å². The number of rotatable bonds is 9. The summed E-state index contributed by atoms with van der Waals surface area (Å²) < 4.78 is 12.5. The number of carbonyl (C=O) groups is 1. The first-order valence-corrected chi connectivity index (χ1v) is 11.7. The Morgan fingerprint density at radius 2 is 1.69 bits per heavy atom. The number of ether oxygens (including phenoxy) is 1. The van der Waals surface area contributed by atoms with Crippen LogP contribution in [0.5, 0.6) is 5.75 Å². The zero-order valence-corrected chi connectivity index (χ0v) is 17.9. The molecule has 0 aromatic heterocycles. The summed E-state index contributed by atoms with van der Waals surface area (Å²) in [5, 5.41) is 3.02. The first-order chi connectivity index (χ1) is 12.3. The molecule has 1 aromatic carbocycles. The van der Waals surface area contributed by atoms with Gasteiger partial charge in [-0.15, -0.1) is 0 Å². The Labute approximate surface area is 159 Å². The fourth-order valence-corrected chi connectivity index (χ4v) is 9.87. The molecule has 2 rings (SSSR count). The van der Waals surface area contributed by atoms with E-state index in [2.05, 4.69) is 53.4 Å². The average Bonchev–Trinajstić information content (AvgIpc) is 2.57. The van der Waals surface area contributed by atoms with E-state index in [-0.39, 0.29) is 11.9 Å². The number of β-lactam (4-membered cyclic amide) rings is 1. The Hall–Kier alpha value is -1.59. The van der Waals surface area contributed by atoms with Crippen molar-refractivity contribution in [2.45, 2.75) is 70.3 Å². The minimum Gasteiger partial charge on any atom is -0.489 e. The van der Waals surface area contributed by atoms with E-state index in [1.165, 1.54) is 0 Å². The third kappa shape index (κ3) is 3.74. The van der Waals surface area contributed by atoms with Gasteiger partial charge in [-0.1, -0.05) is 72.4 Å². The standard InChI is InChI=1S/C21H33NO3Si/c1-8-13-24-18-12-10-9-11-17(18)19-20(21(23)22-19)25-26(14(2)3,15(4)5)16(6)7/h8-12,14-16,19-20H,1,13H2,2-7H3,(H,22,23)/t19-,20+/m0/s1. The van der Waals surface area contributed by atoms with Gasteiger partial charge in [0.25, 0.3) is 5.91 Å². The second-order valence-corrected chi connectivity index (χ2v) is 13.4. The van der Waals surface area contributed by atoms with Crippen molar-refractivity contribution in [1.82, 2.24) is 5.32 Å². The van der Waals surface area contributed by atoms with Crippen LogP contribution >= 0.6 is 0 Å². The van der Waals surface area contributed by atoms with Crippen molar-refractivity contribution >= 4 is 14.2 Å². The molecule has 1 aromatic rings. The fraction of sp³-hybridized carbons (Fsp3) is 0.571. The van der Waals surface area contributed by atoms with Crippen LogP contribution in [-0.4, -0.2) is 26.9 Å². The SMILES string of the molecule is C=CCOc1ccccc1[C@@H]1NC(=O)[C@@H]1O[Si](C(C)C)(C(C)C)C(C)C. The minimum atomic E-state index is -2.14. The van der Waals surface area contributed by atoms with E-state index in [1.54, 1.807) is 6.08 Å². The quantitative estimate of drug-likeness (QED) is 0.376. The van der Waals surface area contributed by atoms with Crippen molar-refractivity contribution < 1.29 is 14.0 Å². The van der Waals surface area contributed by atoms with Crippen LogP contribution in [0.4, 0.5) is 0 Å². The molecule has 1 fully saturated rings. The van der Waals surface area contributed by atoms with E-state index in [1.807, 2.05) is 24.3 Å². The average molecular weight is 376 g/mol. The van der Waals surface area contributed by atoms with Gasteiger partial charge in [0.15, 0.2) is 0 Å². The molecule has 0 unspecified atom stereocenters. The summed E-state index contributed by atoms with van der Waals surface area (Å²) >= 11 is 0. The Morgan fingerprint density at radius 1 is 1.12 bits per heavy atom. The third-order valence-electron chi connectivity index (χ3n) is 5.51. The number of benzene rings is 1. The Kier molecular flexibility index (Phi) is 6.69. The fourth-order valence-electron chi connectivity index (χ4n) is 4.37. The van der Waals surface area contributed by atoms with Crippen LogP contribution in [-0.2, 0) is 9.22 Å².